The van der Waals surface area contributed by atoms with Crippen LogP contribution >= 0.6 is 11.6 Å². The first-order valence-electron chi connectivity index (χ1n) is 11.1. The largest absolute Gasteiger partial charge is 0.334 e. The molecule has 176 valence electrons. The van der Waals surface area contributed by atoms with Crippen molar-refractivity contribution in [1.82, 2.24) is 20.4 Å². The molecule has 1 unspecified atom stereocenters. The zero-order chi connectivity index (χ0) is 24.5. The number of nitrogens with zero attached hydrogens (tertiary/aromatic N) is 3. The van der Waals surface area contributed by atoms with E-state index in [-0.39, 0.29) is 17.7 Å². The second-order valence-electron chi connectivity index (χ2n) is 8.38. The van der Waals surface area contributed by atoms with Gasteiger partial charge in [0.2, 0.25) is 5.82 Å². The van der Waals surface area contributed by atoms with Crippen molar-refractivity contribution < 1.29 is 13.7 Å². The SMILES string of the molecule is CC1=C(c2nc(-c3ccc(F)cc3)no2)C(c2cccc(Cl)c2)NC(=O)N1Cc1ccccc1C. The first-order valence-corrected chi connectivity index (χ1v) is 11.5. The Balaban J connectivity index is 1.61. The van der Waals surface area contributed by atoms with Gasteiger partial charge in [0.1, 0.15) is 5.82 Å². The number of amides is 2. The Hall–Kier alpha value is -3.97. The smallest absolute Gasteiger partial charge is 0.322 e. The molecule has 0 bridgehead atoms. The van der Waals surface area contributed by atoms with Crippen molar-refractivity contribution in [2.45, 2.75) is 26.4 Å². The lowest BCUT2D eigenvalue weighted by molar-refractivity contribution is 0.203. The van der Waals surface area contributed by atoms with Crippen molar-refractivity contribution in [3.8, 4) is 11.4 Å². The molecule has 0 saturated carbocycles. The Kier molecular flexibility index (Phi) is 6.09. The lowest BCUT2D eigenvalue weighted by Gasteiger charge is -2.35. The molecule has 0 saturated heterocycles. The van der Waals surface area contributed by atoms with E-state index in [4.69, 9.17) is 16.1 Å². The fraction of sp³-hybridized carbons (Fsp3) is 0.148. The molecule has 0 aliphatic carbocycles. The summed E-state index contributed by atoms with van der Waals surface area (Å²) in [6.07, 6.45) is 0. The second-order valence-corrected chi connectivity index (χ2v) is 8.82. The van der Waals surface area contributed by atoms with Crippen LogP contribution in [0.5, 0.6) is 0 Å². The van der Waals surface area contributed by atoms with Gasteiger partial charge in [-0.2, -0.15) is 4.98 Å². The van der Waals surface area contributed by atoms with Gasteiger partial charge in [0, 0.05) is 16.3 Å². The summed E-state index contributed by atoms with van der Waals surface area (Å²) in [6, 6.07) is 20.3. The molecule has 0 fully saturated rings. The van der Waals surface area contributed by atoms with Gasteiger partial charge in [-0.05, 0) is 66.9 Å². The van der Waals surface area contributed by atoms with Gasteiger partial charge in [-0.25, -0.2) is 9.18 Å². The molecule has 2 heterocycles. The Morgan fingerprint density at radius 3 is 2.57 bits per heavy atom. The number of allylic oxidation sites excluding steroid dienone is 1. The number of carbonyl (C=O) groups is 1. The highest BCUT2D eigenvalue weighted by Gasteiger charge is 2.36. The Morgan fingerprint density at radius 2 is 1.83 bits per heavy atom. The molecule has 1 N–H and O–H groups in total. The van der Waals surface area contributed by atoms with E-state index in [0.29, 0.717) is 34.2 Å². The van der Waals surface area contributed by atoms with Crippen LogP contribution in [0.15, 0.2) is 83.0 Å². The third-order valence-electron chi connectivity index (χ3n) is 6.13. The van der Waals surface area contributed by atoms with Gasteiger partial charge in [-0.3, -0.25) is 4.90 Å². The van der Waals surface area contributed by atoms with Crippen LogP contribution < -0.4 is 5.32 Å². The quantitative estimate of drug-likeness (QED) is 0.346. The second kappa shape index (κ2) is 9.35. The number of hydrogen-bond donors (Lipinski definition) is 1. The molecule has 4 aromatic rings. The summed E-state index contributed by atoms with van der Waals surface area (Å²) in [6.45, 7) is 4.26. The molecule has 2 amide bonds. The number of aromatic nitrogens is 2. The first kappa shape index (κ1) is 22.8. The summed E-state index contributed by atoms with van der Waals surface area (Å²) in [4.78, 5) is 19.5. The molecular weight excluding hydrogens is 467 g/mol. The maximum atomic E-state index is 13.4. The van der Waals surface area contributed by atoms with Crippen LogP contribution in [0.25, 0.3) is 17.0 Å². The Labute approximate surface area is 207 Å². The zero-order valence-electron chi connectivity index (χ0n) is 19.1. The van der Waals surface area contributed by atoms with E-state index in [1.165, 1.54) is 12.1 Å². The molecule has 1 aliphatic heterocycles. The summed E-state index contributed by atoms with van der Waals surface area (Å²) in [5, 5.41) is 7.74. The van der Waals surface area contributed by atoms with Crippen LogP contribution in [0.3, 0.4) is 0 Å². The molecule has 1 atom stereocenters. The van der Waals surface area contributed by atoms with Gasteiger partial charge in [0.15, 0.2) is 0 Å². The number of aryl methyl sites for hydroxylation is 1. The van der Waals surface area contributed by atoms with Crippen LogP contribution in [-0.2, 0) is 6.54 Å². The van der Waals surface area contributed by atoms with Crippen LogP contribution in [0.1, 0.15) is 35.5 Å². The van der Waals surface area contributed by atoms with Gasteiger partial charge in [-0.15, -0.1) is 0 Å². The molecule has 1 aromatic heterocycles. The van der Waals surface area contributed by atoms with Crippen molar-refractivity contribution in [1.29, 1.82) is 0 Å². The Bertz CT molecular complexity index is 1430. The van der Waals surface area contributed by atoms with Crippen LogP contribution in [0.2, 0.25) is 5.02 Å². The van der Waals surface area contributed by atoms with Crippen LogP contribution in [-0.4, -0.2) is 21.1 Å². The summed E-state index contributed by atoms with van der Waals surface area (Å²) < 4.78 is 19.1. The van der Waals surface area contributed by atoms with Crippen molar-refractivity contribution in [2.75, 3.05) is 0 Å². The molecule has 0 spiro atoms. The van der Waals surface area contributed by atoms with Crippen LogP contribution in [0.4, 0.5) is 9.18 Å². The van der Waals surface area contributed by atoms with E-state index >= 15 is 0 Å². The summed E-state index contributed by atoms with van der Waals surface area (Å²) >= 11 is 6.26. The van der Waals surface area contributed by atoms with E-state index in [1.807, 2.05) is 50.2 Å². The summed E-state index contributed by atoms with van der Waals surface area (Å²) in [5.41, 5.74) is 4.88. The highest BCUT2D eigenvalue weighted by atomic mass is 35.5. The molecule has 0 radical (unpaired) electrons. The number of halogens is 2. The number of benzene rings is 3. The Morgan fingerprint density at radius 1 is 1.06 bits per heavy atom. The minimum absolute atomic E-state index is 0.238. The fourth-order valence-electron chi connectivity index (χ4n) is 4.19. The van der Waals surface area contributed by atoms with E-state index in [2.05, 4.69) is 15.5 Å². The predicted molar refractivity (Wildman–Crippen MR) is 132 cm³/mol. The maximum absolute atomic E-state index is 13.4. The molecule has 8 heteroatoms. The van der Waals surface area contributed by atoms with Gasteiger partial charge >= 0.3 is 6.03 Å². The lowest BCUT2D eigenvalue weighted by atomic mass is 9.94. The third-order valence-corrected chi connectivity index (χ3v) is 6.36. The van der Waals surface area contributed by atoms with Gasteiger partial charge in [0.25, 0.3) is 5.89 Å². The van der Waals surface area contributed by atoms with Gasteiger partial charge in [-0.1, -0.05) is 53.2 Å². The van der Waals surface area contributed by atoms with E-state index < -0.39 is 6.04 Å². The van der Waals surface area contributed by atoms with E-state index in [0.717, 1.165) is 16.7 Å². The normalized spacial score (nSPS) is 15.9. The van der Waals surface area contributed by atoms with E-state index in [9.17, 15) is 9.18 Å². The fourth-order valence-corrected chi connectivity index (χ4v) is 4.39. The molecular formula is C27H22ClFN4O2. The molecule has 1 aliphatic rings. The molecule has 6 nitrogen and oxygen atoms in total. The molecule has 5 rings (SSSR count). The highest BCUT2D eigenvalue weighted by Crippen LogP contribution is 2.38. The predicted octanol–water partition coefficient (Wildman–Crippen LogP) is 6.54. The number of rotatable bonds is 5. The number of nitrogens with one attached hydrogen (secondary N) is 1. The maximum Gasteiger partial charge on any atom is 0.322 e. The molecule has 35 heavy (non-hydrogen) atoms. The van der Waals surface area contributed by atoms with Crippen molar-refractivity contribution in [3.63, 3.8) is 0 Å². The van der Waals surface area contributed by atoms with Crippen LogP contribution in [0, 0.1) is 12.7 Å². The third kappa shape index (κ3) is 4.55. The van der Waals surface area contributed by atoms with Crippen molar-refractivity contribution in [3.05, 3.63) is 112 Å². The van der Waals surface area contributed by atoms with Crippen molar-refractivity contribution in [2.24, 2.45) is 0 Å². The minimum Gasteiger partial charge on any atom is -0.334 e. The monoisotopic (exact) mass is 488 g/mol. The summed E-state index contributed by atoms with van der Waals surface area (Å²) in [5.74, 6) is 0.243. The number of urea groups is 1. The average Bonchev–Trinajstić information content (AvgIpc) is 3.32. The molecule has 3 aromatic carbocycles. The topological polar surface area (TPSA) is 71.3 Å². The minimum atomic E-state index is -0.546. The van der Waals surface area contributed by atoms with Gasteiger partial charge < -0.3 is 9.84 Å². The standard InChI is InChI=1S/C27H22ClFN4O2/c1-16-6-3-4-7-20(16)15-33-17(2)23(24(30-27(33)34)19-8-5-9-21(28)14-19)26-31-25(32-35-26)18-10-12-22(29)13-11-18/h3-14,24H,15H2,1-2H3,(H,30,34). The highest BCUT2D eigenvalue weighted by molar-refractivity contribution is 6.30. The number of hydrogen-bond acceptors (Lipinski definition) is 4. The lowest BCUT2D eigenvalue weighted by Crippen LogP contribution is -2.45. The zero-order valence-corrected chi connectivity index (χ0v) is 19.9. The van der Waals surface area contributed by atoms with Gasteiger partial charge in [0.05, 0.1) is 18.2 Å². The van der Waals surface area contributed by atoms with Crippen molar-refractivity contribution >= 4 is 23.2 Å². The summed E-state index contributed by atoms with van der Waals surface area (Å²) in [7, 11) is 0. The van der Waals surface area contributed by atoms with E-state index in [1.54, 1.807) is 29.2 Å². The average molecular weight is 489 g/mol. The first-order chi connectivity index (χ1) is 16.9. The number of carbonyl (C=O) groups excluding carboxylic acids is 1.